The second kappa shape index (κ2) is 9.23. The number of ether oxygens (including phenoxy) is 1. The molecule has 0 aliphatic heterocycles. The van der Waals surface area contributed by atoms with E-state index in [1.807, 2.05) is 31.2 Å². The maximum Gasteiger partial charge on any atom is 0.349 e. The molecule has 0 aliphatic carbocycles. The number of amides is 1. The molecule has 3 rings (SSSR count). The van der Waals surface area contributed by atoms with Crippen LogP contribution in [-0.2, 0) is 25.8 Å². The maximum absolute atomic E-state index is 12.4. The summed E-state index contributed by atoms with van der Waals surface area (Å²) in [5, 5.41) is 6.55. The number of benzene rings is 1. The first kappa shape index (κ1) is 20.4. The normalized spacial score (nSPS) is 10.7. The quantitative estimate of drug-likeness (QED) is 0.628. The van der Waals surface area contributed by atoms with E-state index in [4.69, 9.17) is 13.7 Å². The Morgan fingerprint density at radius 3 is 2.52 bits per heavy atom. The van der Waals surface area contributed by atoms with Gasteiger partial charge in [-0.25, -0.2) is 4.79 Å². The Bertz CT molecular complexity index is 1030. The molecule has 7 nitrogen and oxygen atoms in total. The third-order valence-corrected chi connectivity index (χ3v) is 4.64. The number of aryl methyl sites for hydroxylation is 4. The van der Waals surface area contributed by atoms with Gasteiger partial charge in [0.2, 0.25) is 0 Å². The van der Waals surface area contributed by atoms with Gasteiger partial charge in [-0.05, 0) is 49.1 Å². The van der Waals surface area contributed by atoms with Gasteiger partial charge in [0.1, 0.15) is 17.1 Å². The number of nitrogens with one attached hydrogen (secondary N) is 1. The second-order valence-corrected chi connectivity index (χ2v) is 6.73. The highest BCUT2D eigenvalue weighted by Gasteiger charge is 2.17. The number of hydrogen-bond donors (Lipinski definition) is 1. The largest absolute Gasteiger partial charge is 0.497 e. The molecule has 0 bridgehead atoms. The molecule has 0 spiro atoms. The van der Waals surface area contributed by atoms with E-state index in [2.05, 4.69) is 10.5 Å². The second-order valence-electron chi connectivity index (χ2n) is 6.73. The lowest BCUT2D eigenvalue weighted by Gasteiger charge is -2.08. The fraction of sp³-hybridized carbons (Fsp3) is 0.318. The van der Waals surface area contributed by atoms with Crippen molar-refractivity contribution in [2.45, 2.75) is 39.7 Å². The molecule has 0 fully saturated rings. The summed E-state index contributed by atoms with van der Waals surface area (Å²) in [5.74, 6) is 1.38. The van der Waals surface area contributed by atoms with Crippen LogP contribution in [0.25, 0.3) is 0 Å². The van der Waals surface area contributed by atoms with Gasteiger partial charge < -0.3 is 19.0 Å². The molecule has 0 atom stereocenters. The number of methoxy groups -OCH3 is 1. The molecule has 152 valence electrons. The molecule has 1 aromatic carbocycles. The zero-order valence-electron chi connectivity index (χ0n) is 16.8. The van der Waals surface area contributed by atoms with Crippen LogP contribution in [0.3, 0.4) is 0 Å². The predicted octanol–water partition coefficient (Wildman–Crippen LogP) is 3.22. The molecule has 1 amide bonds. The van der Waals surface area contributed by atoms with Gasteiger partial charge in [-0.15, -0.1) is 0 Å². The van der Waals surface area contributed by atoms with Crippen molar-refractivity contribution in [1.29, 1.82) is 0 Å². The molecule has 7 heteroatoms. The van der Waals surface area contributed by atoms with Crippen LogP contribution >= 0.6 is 0 Å². The zero-order valence-corrected chi connectivity index (χ0v) is 16.8. The van der Waals surface area contributed by atoms with Crippen LogP contribution in [0.4, 0.5) is 0 Å². The van der Waals surface area contributed by atoms with Crippen molar-refractivity contribution < 1.29 is 18.5 Å². The SMILES string of the molecule is CCc1cc(CNC(=O)c2c(C)cc(CCc3ccc(OC)cc3)oc2=O)on1. The van der Waals surface area contributed by atoms with Crippen LogP contribution in [-0.4, -0.2) is 18.2 Å². The van der Waals surface area contributed by atoms with E-state index in [1.165, 1.54) is 0 Å². The summed E-state index contributed by atoms with van der Waals surface area (Å²) >= 11 is 0. The average molecular weight is 396 g/mol. The van der Waals surface area contributed by atoms with E-state index in [-0.39, 0.29) is 12.1 Å². The van der Waals surface area contributed by atoms with Gasteiger partial charge in [-0.2, -0.15) is 0 Å². The van der Waals surface area contributed by atoms with Crippen molar-refractivity contribution in [3.05, 3.63) is 80.7 Å². The molecule has 2 aromatic heterocycles. The van der Waals surface area contributed by atoms with E-state index in [0.29, 0.717) is 29.9 Å². The van der Waals surface area contributed by atoms with Gasteiger partial charge in [-0.3, -0.25) is 4.79 Å². The first-order valence-electron chi connectivity index (χ1n) is 9.49. The smallest absolute Gasteiger partial charge is 0.349 e. The first-order valence-corrected chi connectivity index (χ1v) is 9.49. The third-order valence-electron chi connectivity index (χ3n) is 4.64. The lowest BCUT2D eigenvalue weighted by Crippen LogP contribution is -2.29. The van der Waals surface area contributed by atoms with Crippen molar-refractivity contribution in [1.82, 2.24) is 10.5 Å². The molecular formula is C22H24N2O5. The monoisotopic (exact) mass is 396 g/mol. The molecule has 29 heavy (non-hydrogen) atoms. The van der Waals surface area contributed by atoms with E-state index in [9.17, 15) is 9.59 Å². The highest BCUT2D eigenvalue weighted by atomic mass is 16.5. The van der Waals surface area contributed by atoms with Crippen molar-refractivity contribution in [3.63, 3.8) is 0 Å². The van der Waals surface area contributed by atoms with Crippen LogP contribution in [0.1, 0.15) is 45.6 Å². The van der Waals surface area contributed by atoms with E-state index in [0.717, 1.165) is 23.4 Å². The molecule has 0 unspecified atom stereocenters. The van der Waals surface area contributed by atoms with Gasteiger partial charge in [0.05, 0.1) is 19.3 Å². The first-order chi connectivity index (χ1) is 14.0. The van der Waals surface area contributed by atoms with Crippen LogP contribution in [0.2, 0.25) is 0 Å². The Labute approximate surface area is 168 Å². The third kappa shape index (κ3) is 5.13. The number of hydrogen-bond acceptors (Lipinski definition) is 6. The van der Waals surface area contributed by atoms with E-state index < -0.39 is 11.5 Å². The molecule has 0 aliphatic rings. The number of carbonyl (C=O) groups excluding carboxylic acids is 1. The fourth-order valence-electron chi connectivity index (χ4n) is 2.99. The summed E-state index contributed by atoms with van der Waals surface area (Å²) in [5.41, 5.74) is 1.86. The Morgan fingerprint density at radius 2 is 1.90 bits per heavy atom. The minimum atomic E-state index is -0.640. The van der Waals surface area contributed by atoms with Gasteiger partial charge in [0, 0.05) is 12.5 Å². The number of aromatic nitrogens is 1. The van der Waals surface area contributed by atoms with Crippen molar-refractivity contribution in [3.8, 4) is 5.75 Å². The van der Waals surface area contributed by atoms with Crippen LogP contribution in [0, 0.1) is 6.92 Å². The molecule has 2 heterocycles. The standard InChI is InChI=1S/C22H24N2O5/c1-4-16-12-19(29-24-16)13-23-21(25)20-14(2)11-18(28-22(20)26)10-7-15-5-8-17(27-3)9-6-15/h5-6,8-9,11-12H,4,7,10,13H2,1-3H3,(H,23,25). The van der Waals surface area contributed by atoms with Crippen molar-refractivity contribution >= 4 is 5.91 Å². The molecule has 0 radical (unpaired) electrons. The Morgan fingerprint density at radius 1 is 1.14 bits per heavy atom. The Balaban J connectivity index is 1.64. The van der Waals surface area contributed by atoms with Gasteiger partial charge >= 0.3 is 5.63 Å². The van der Waals surface area contributed by atoms with E-state index in [1.54, 1.807) is 26.2 Å². The van der Waals surface area contributed by atoms with Gasteiger partial charge in [0.15, 0.2) is 5.76 Å². The Kier molecular flexibility index (Phi) is 6.49. The minimum Gasteiger partial charge on any atom is -0.497 e. The predicted molar refractivity (Wildman–Crippen MR) is 107 cm³/mol. The van der Waals surface area contributed by atoms with Gasteiger partial charge in [0.25, 0.3) is 5.91 Å². The maximum atomic E-state index is 12.4. The van der Waals surface area contributed by atoms with Crippen molar-refractivity contribution in [2.24, 2.45) is 0 Å². The van der Waals surface area contributed by atoms with Crippen LogP contribution in [0.15, 0.2) is 50.1 Å². The van der Waals surface area contributed by atoms with E-state index >= 15 is 0 Å². The fourth-order valence-corrected chi connectivity index (χ4v) is 2.99. The molecule has 3 aromatic rings. The topological polar surface area (TPSA) is 94.6 Å². The number of carbonyl (C=O) groups is 1. The highest BCUT2D eigenvalue weighted by Crippen LogP contribution is 2.14. The summed E-state index contributed by atoms with van der Waals surface area (Å²) in [6.07, 6.45) is 2.02. The Hall–Kier alpha value is -3.35. The lowest BCUT2D eigenvalue weighted by atomic mass is 10.1. The summed E-state index contributed by atoms with van der Waals surface area (Å²) in [7, 11) is 1.62. The van der Waals surface area contributed by atoms with Gasteiger partial charge in [-0.1, -0.05) is 24.2 Å². The summed E-state index contributed by atoms with van der Waals surface area (Å²) in [6.45, 7) is 3.85. The summed E-state index contributed by atoms with van der Waals surface area (Å²) in [4.78, 5) is 24.8. The zero-order chi connectivity index (χ0) is 20.8. The van der Waals surface area contributed by atoms with Crippen molar-refractivity contribution in [2.75, 3.05) is 7.11 Å². The number of nitrogens with zero attached hydrogens (tertiary/aromatic N) is 1. The average Bonchev–Trinajstić information content (AvgIpc) is 3.19. The minimum absolute atomic E-state index is 0.00780. The summed E-state index contributed by atoms with van der Waals surface area (Å²) in [6, 6.07) is 11.2. The van der Waals surface area contributed by atoms with Crippen LogP contribution < -0.4 is 15.7 Å². The summed E-state index contributed by atoms with van der Waals surface area (Å²) < 4.78 is 15.7. The molecule has 0 saturated heterocycles. The molecule has 1 N–H and O–H groups in total. The molecular weight excluding hydrogens is 372 g/mol. The molecule has 0 saturated carbocycles. The van der Waals surface area contributed by atoms with Crippen LogP contribution in [0.5, 0.6) is 5.75 Å². The lowest BCUT2D eigenvalue weighted by molar-refractivity contribution is 0.0942. The number of rotatable bonds is 8. The highest BCUT2D eigenvalue weighted by molar-refractivity contribution is 5.95.